The van der Waals surface area contributed by atoms with E-state index in [1.54, 1.807) is 11.3 Å². The predicted molar refractivity (Wildman–Crippen MR) is 77.0 cm³/mol. The number of hydrogen-bond acceptors (Lipinski definition) is 1. The molecule has 0 aliphatic rings. The van der Waals surface area contributed by atoms with Gasteiger partial charge in [0.15, 0.2) is 0 Å². The second kappa shape index (κ2) is 4.17. The van der Waals surface area contributed by atoms with Gasteiger partial charge in [-0.2, -0.15) is 0 Å². The number of thiophene rings is 1. The normalized spacial score (nSPS) is 10.9. The average Bonchev–Trinajstić information content (AvgIpc) is 2.72. The Labute approximate surface area is 109 Å². The molecule has 0 spiro atoms. The Kier molecular flexibility index (Phi) is 2.65. The van der Waals surface area contributed by atoms with Crippen molar-refractivity contribution in [1.82, 2.24) is 0 Å². The van der Waals surface area contributed by atoms with E-state index in [-0.39, 0.29) is 0 Å². The van der Waals surface area contributed by atoms with Crippen LogP contribution in [-0.4, -0.2) is 0 Å². The van der Waals surface area contributed by atoms with Crippen LogP contribution < -0.4 is 0 Å². The van der Waals surface area contributed by atoms with Crippen LogP contribution >= 0.6 is 22.9 Å². The Balaban J connectivity index is 2.14. The van der Waals surface area contributed by atoms with Crippen molar-refractivity contribution in [2.45, 2.75) is 6.92 Å². The third-order valence-electron chi connectivity index (χ3n) is 2.81. The second-order valence-electron chi connectivity index (χ2n) is 4.16. The molecule has 0 N–H and O–H groups in total. The van der Waals surface area contributed by atoms with Crippen LogP contribution in [0.4, 0.5) is 0 Å². The van der Waals surface area contributed by atoms with Crippen molar-refractivity contribution >= 4 is 33.0 Å². The van der Waals surface area contributed by atoms with Crippen LogP contribution in [0, 0.1) is 6.92 Å². The van der Waals surface area contributed by atoms with Crippen molar-refractivity contribution in [2.24, 2.45) is 0 Å². The van der Waals surface area contributed by atoms with E-state index in [2.05, 4.69) is 43.3 Å². The molecule has 0 saturated carbocycles. The molecule has 3 rings (SSSR count). The van der Waals surface area contributed by atoms with Gasteiger partial charge in [-0.1, -0.05) is 41.4 Å². The molecule has 0 aliphatic heterocycles. The Morgan fingerprint density at radius 1 is 0.941 bits per heavy atom. The fraction of sp³-hybridized carbons (Fsp3) is 0.0667. The molecular weight excluding hydrogens is 248 g/mol. The molecule has 1 aromatic heterocycles. The Bertz CT molecular complexity index is 665. The van der Waals surface area contributed by atoms with Crippen LogP contribution in [-0.2, 0) is 0 Å². The molecule has 0 aliphatic carbocycles. The topological polar surface area (TPSA) is 0 Å². The Hall–Kier alpha value is -1.31. The molecule has 0 saturated heterocycles. The molecule has 2 aromatic carbocycles. The van der Waals surface area contributed by atoms with Crippen LogP contribution in [0.5, 0.6) is 0 Å². The summed E-state index contributed by atoms with van der Waals surface area (Å²) in [4.78, 5) is 1.29. The molecule has 0 radical (unpaired) electrons. The van der Waals surface area contributed by atoms with Crippen molar-refractivity contribution < 1.29 is 0 Å². The average molecular weight is 259 g/mol. The maximum absolute atomic E-state index is 6.00. The fourth-order valence-corrected chi connectivity index (χ4v) is 3.10. The molecule has 0 fully saturated rings. The monoisotopic (exact) mass is 258 g/mol. The molecule has 2 heteroatoms. The highest BCUT2D eigenvalue weighted by Crippen LogP contribution is 2.34. The molecule has 0 amide bonds. The highest BCUT2D eigenvalue weighted by molar-refractivity contribution is 7.22. The maximum atomic E-state index is 6.00. The second-order valence-corrected chi connectivity index (χ2v) is 5.68. The maximum Gasteiger partial charge on any atom is 0.0412 e. The first-order chi connectivity index (χ1) is 8.22. The van der Waals surface area contributed by atoms with Gasteiger partial charge in [0.05, 0.1) is 0 Å². The quantitative estimate of drug-likeness (QED) is 0.538. The highest BCUT2D eigenvalue weighted by atomic mass is 35.5. The summed E-state index contributed by atoms with van der Waals surface area (Å²) in [5, 5.41) is 2.02. The number of aryl methyl sites for hydroxylation is 1. The number of benzene rings is 2. The van der Waals surface area contributed by atoms with E-state index >= 15 is 0 Å². The first-order valence-electron chi connectivity index (χ1n) is 5.48. The predicted octanol–water partition coefficient (Wildman–Crippen LogP) is 5.53. The van der Waals surface area contributed by atoms with Gasteiger partial charge < -0.3 is 0 Å². The lowest BCUT2D eigenvalue weighted by Gasteiger charge is -1.96. The minimum absolute atomic E-state index is 0.797. The van der Waals surface area contributed by atoms with E-state index in [1.807, 2.05) is 12.1 Å². The smallest absolute Gasteiger partial charge is 0.0412 e. The lowest BCUT2D eigenvalue weighted by Crippen LogP contribution is -1.72. The molecule has 0 atom stereocenters. The van der Waals surface area contributed by atoms with Crippen LogP contribution in [0.25, 0.3) is 20.5 Å². The zero-order chi connectivity index (χ0) is 11.8. The number of hydrogen-bond donors (Lipinski definition) is 0. The number of halogens is 1. The van der Waals surface area contributed by atoms with Crippen molar-refractivity contribution in [2.75, 3.05) is 0 Å². The van der Waals surface area contributed by atoms with Crippen molar-refractivity contribution in [1.29, 1.82) is 0 Å². The Morgan fingerprint density at radius 2 is 1.71 bits per heavy atom. The largest absolute Gasteiger partial charge is 0.135 e. The SMILES string of the molecule is Cc1ccc(-c2cc3cc(Cl)ccc3s2)cc1. The van der Waals surface area contributed by atoms with E-state index < -0.39 is 0 Å². The minimum Gasteiger partial charge on any atom is -0.135 e. The van der Waals surface area contributed by atoms with Crippen molar-refractivity contribution in [3.8, 4) is 10.4 Å². The van der Waals surface area contributed by atoms with Gasteiger partial charge in [-0.05, 0) is 42.1 Å². The van der Waals surface area contributed by atoms with Gasteiger partial charge in [0.25, 0.3) is 0 Å². The van der Waals surface area contributed by atoms with Crippen molar-refractivity contribution in [3.05, 3.63) is 59.1 Å². The summed E-state index contributed by atoms with van der Waals surface area (Å²) in [5.74, 6) is 0. The molecule has 84 valence electrons. The number of fused-ring (bicyclic) bond motifs is 1. The summed E-state index contributed by atoms with van der Waals surface area (Å²) in [5.41, 5.74) is 2.56. The van der Waals surface area contributed by atoms with Gasteiger partial charge in [0, 0.05) is 14.6 Å². The summed E-state index contributed by atoms with van der Waals surface area (Å²) in [6, 6.07) is 16.9. The van der Waals surface area contributed by atoms with Crippen LogP contribution in [0.2, 0.25) is 5.02 Å². The standard InChI is InChI=1S/C15H11ClS/c1-10-2-4-11(5-3-10)15-9-12-8-13(16)6-7-14(12)17-15/h2-9H,1H3. The minimum atomic E-state index is 0.797. The van der Waals surface area contributed by atoms with Gasteiger partial charge in [0.2, 0.25) is 0 Å². The van der Waals surface area contributed by atoms with E-state index in [0.717, 1.165) is 5.02 Å². The lowest BCUT2D eigenvalue weighted by atomic mass is 10.1. The third-order valence-corrected chi connectivity index (χ3v) is 4.21. The highest BCUT2D eigenvalue weighted by Gasteiger charge is 2.04. The van der Waals surface area contributed by atoms with Crippen LogP contribution in [0.15, 0.2) is 48.5 Å². The molecule has 0 unspecified atom stereocenters. The zero-order valence-corrected chi connectivity index (χ0v) is 11.0. The van der Waals surface area contributed by atoms with Gasteiger partial charge in [-0.25, -0.2) is 0 Å². The molecular formula is C15H11ClS. The molecule has 1 heterocycles. The fourth-order valence-electron chi connectivity index (χ4n) is 1.87. The Morgan fingerprint density at radius 3 is 2.47 bits per heavy atom. The third kappa shape index (κ3) is 2.08. The summed E-state index contributed by atoms with van der Waals surface area (Å²) in [7, 11) is 0. The van der Waals surface area contributed by atoms with E-state index in [1.165, 1.54) is 26.1 Å². The van der Waals surface area contributed by atoms with E-state index in [0.29, 0.717) is 0 Å². The summed E-state index contributed by atoms with van der Waals surface area (Å²) in [6.07, 6.45) is 0. The van der Waals surface area contributed by atoms with Gasteiger partial charge in [0.1, 0.15) is 0 Å². The van der Waals surface area contributed by atoms with Crippen LogP contribution in [0.3, 0.4) is 0 Å². The molecule has 0 bridgehead atoms. The summed E-state index contributed by atoms with van der Waals surface area (Å²) < 4.78 is 1.28. The lowest BCUT2D eigenvalue weighted by molar-refractivity contribution is 1.48. The number of rotatable bonds is 1. The van der Waals surface area contributed by atoms with Crippen molar-refractivity contribution in [3.63, 3.8) is 0 Å². The summed E-state index contributed by atoms with van der Waals surface area (Å²) >= 11 is 7.81. The molecule has 0 nitrogen and oxygen atoms in total. The zero-order valence-electron chi connectivity index (χ0n) is 9.41. The first-order valence-corrected chi connectivity index (χ1v) is 6.68. The van der Waals surface area contributed by atoms with Gasteiger partial charge >= 0.3 is 0 Å². The first kappa shape index (κ1) is 10.8. The van der Waals surface area contributed by atoms with E-state index in [9.17, 15) is 0 Å². The van der Waals surface area contributed by atoms with Gasteiger partial charge in [-0.3, -0.25) is 0 Å². The van der Waals surface area contributed by atoms with E-state index in [4.69, 9.17) is 11.6 Å². The van der Waals surface area contributed by atoms with Gasteiger partial charge in [-0.15, -0.1) is 11.3 Å². The summed E-state index contributed by atoms with van der Waals surface area (Å²) in [6.45, 7) is 2.11. The molecule has 3 aromatic rings. The molecule has 17 heavy (non-hydrogen) atoms. The van der Waals surface area contributed by atoms with Crippen LogP contribution in [0.1, 0.15) is 5.56 Å².